The van der Waals surface area contributed by atoms with Crippen molar-refractivity contribution in [2.24, 2.45) is 0 Å². The average Bonchev–Trinajstić information content (AvgIpc) is 3.18. The third-order valence-corrected chi connectivity index (χ3v) is 7.39. The first-order valence-corrected chi connectivity index (χ1v) is 12.5. The molecule has 2 fully saturated rings. The van der Waals surface area contributed by atoms with Crippen LogP contribution < -0.4 is 20.3 Å². The Hall–Kier alpha value is -3.87. The number of hydrogen-bond acceptors (Lipinski definition) is 5. The second kappa shape index (κ2) is 10.4. The lowest BCUT2D eigenvalue weighted by molar-refractivity contribution is 0.0923. The molecule has 2 N–H and O–H groups in total. The van der Waals surface area contributed by atoms with Crippen molar-refractivity contribution in [3.05, 3.63) is 89.1 Å². The molecule has 0 unspecified atom stereocenters. The minimum absolute atomic E-state index is 0.0479. The number of anilines is 1. The number of fused-ring (bicyclic) bond motifs is 2. The van der Waals surface area contributed by atoms with Crippen LogP contribution in [-0.2, 0) is 6.54 Å². The molecule has 3 aromatic rings. The van der Waals surface area contributed by atoms with E-state index in [1.165, 1.54) is 0 Å². The molecule has 1 aromatic heterocycles. The van der Waals surface area contributed by atoms with E-state index in [1.54, 1.807) is 13.3 Å². The van der Waals surface area contributed by atoms with Crippen molar-refractivity contribution in [1.29, 1.82) is 0 Å². The van der Waals surface area contributed by atoms with Crippen molar-refractivity contribution in [1.82, 2.24) is 15.6 Å². The number of ether oxygens (including phenoxy) is 1. The zero-order valence-electron chi connectivity index (χ0n) is 20.7. The molecule has 2 saturated heterocycles. The van der Waals surface area contributed by atoms with Crippen LogP contribution in [0.1, 0.15) is 57.5 Å². The van der Waals surface area contributed by atoms with Gasteiger partial charge in [-0.1, -0.05) is 36.4 Å². The van der Waals surface area contributed by atoms with E-state index in [2.05, 4.69) is 20.5 Å². The van der Waals surface area contributed by atoms with E-state index in [-0.39, 0.29) is 17.9 Å². The number of amides is 2. The van der Waals surface area contributed by atoms with Crippen LogP contribution in [0.15, 0.2) is 66.9 Å². The molecule has 186 valence electrons. The number of carbonyl (C=O) groups is 2. The van der Waals surface area contributed by atoms with Gasteiger partial charge in [0.1, 0.15) is 11.6 Å². The predicted molar refractivity (Wildman–Crippen MR) is 139 cm³/mol. The van der Waals surface area contributed by atoms with Crippen molar-refractivity contribution in [3.8, 4) is 5.75 Å². The summed E-state index contributed by atoms with van der Waals surface area (Å²) < 4.78 is 5.37. The fourth-order valence-corrected chi connectivity index (χ4v) is 5.57. The number of pyridine rings is 1. The van der Waals surface area contributed by atoms with Crippen molar-refractivity contribution in [2.45, 2.75) is 57.3 Å². The minimum atomic E-state index is -0.130. The van der Waals surface area contributed by atoms with Gasteiger partial charge in [0.25, 0.3) is 11.8 Å². The monoisotopic (exact) mass is 484 g/mol. The summed E-state index contributed by atoms with van der Waals surface area (Å²) >= 11 is 0. The number of rotatable bonds is 7. The van der Waals surface area contributed by atoms with Crippen LogP contribution in [0.4, 0.5) is 5.82 Å². The van der Waals surface area contributed by atoms with Crippen LogP contribution in [0.5, 0.6) is 5.75 Å². The first kappa shape index (κ1) is 23.9. The summed E-state index contributed by atoms with van der Waals surface area (Å²) in [7, 11) is 1.62. The molecule has 2 aromatic carbocycles. The first-order valence-electron chi connectivity index (χ1n) is 12.5. The van der Waals surface area contributed by atoms with Gasteiger partial charge >= 0.3 is 0 Å². The third kappa shape index (κ3) is 4.91. The zero-order chi connectivity index (χ0) is 25.1. The van der Waals surface area contributed by atoms with Crippen LogP contribution in [0, 0.1) is 6.92 Å². The predicted octanol–water partition coefficient (Wildman–Crippen LogP) is 4.26. The Morgan fingerprint density at radius 3 is 2.39 bits per heavy atom. The SMILES string of the molecule is COc1cccc(C(=O)N[C@H]2C[C@H]3CC[C@@H](C2)N3c2ccc(C(=O)NCc3ccccc3)cn2)c1C. The van der Waals surface area contributed by atoms with Crippen LogP contribution in [0.25, 0.3) is 0 Å². The molecule has 2 bridgehead atoms. The number of nitrogens with one attached hydrogen (secondary N) is 2. The highest BCUT2D eigenvalue weighted by atomic mass is 16.5. The fraction of sp³-hybridized carbons (Fsp3) is 0.345. The third-order valence-electron chi connectivity index (χ3n) is 7.39. The molecule has 3 heterocycles. The lowest BCUT2D eigenvalue weighted by atomic mass is 9.96. The van der Waals surface area contributed by atoms with E-state index >= 15 is 0 Å². The molecule has 36 heavy (non-hydrogen) atoms. The largest absolute Gasteiger partial charge is 0.496 e. The van der Waals surface area contributed by atoms with E-state index in [0.717, 1.165) is 48.4 Å². The van der Waals surface area contributed by atoms with Gasteiger partial charge in [-0.05, 0) is 62.4 Å². The Bertz CT molecular complexity index is 1220. The summed E-state index contributed by atoms with van der Waals surface area (Å²) in [5, 5.41) is 6.21. The highest BCUT2D eigenvalue weighted by molar-refractivity contribution is 5.96. The summed E-state index contributed by atoms with van der Waals surface area (Å²) in [6.07, 6.45) is 5.58. The van der Waals surface area contributed by atoms with E-state index in [1.807, 2.05) is 67.6 Å². The summed E-state index contributed by atoms with van der Waals surface area (Å²) in [6, 6.07) is 20.0. The zero-order valence-corrected chi connectivity index (χ0v) is 20.7. The maximum Gasteiger partial charge on any atom is 0.253 e. The van der Waals surface area contributed by atoms with Crippen molar-refractivity contribution < 1.29 is 14.3 Å². The summed E-state index contributed by atoms with van der Waals surface area (Å²) in [5.74, 6) is 1.44. The lowest BCUT2D eigenvalue weighted by Gasteiger charge is -2.40. The second-order valence-corrected chi connectivity index (χ2v) is 9.64. The second-order valence-electron chi connectivity index (χ2n) is 9.64. The highest BCUT2D eigenvalue weighted by Gasteiger charge is 2.41. The Kier molecular flexibility index (Phi) is 6.89. The molecule has 3 atom stereocenters. The molecule has 0 radical (unpaired) electrons. The van der Waals surface area contributed by atoms with Crippen LogP contribution in [0.3, 0.4) is 0 Å². The highest BCUT2D eigenvalue weighted by Crippen LogP contribution is 2.38. The average molecular weight is 485 g/mol. The molecule has 2 amide bonds. The quantitative estimate of drug-likeness (QED) is 0.524. The Morgan fingerprint density at radius 1 is 0.972 bits per heavy atom. The standard InChI is InChI=1S/C29H32N4O3/c1-19-25(9-6-10-26(19)36-2)29(35)32-22-15-23-12-13-24(16-22)33(23)27-14-11-21(18-30-27)28(34)31-17-20-7-4-3-5-8-20/h3-11,14,18,22-24H,12-13,15-17H2,1-2H3,(H,31,34)(H,32,35)/t22-,23+,24-. The Balaban J connectivity index is 1.20. The summed E-state index contributed by atoms with van der Waals surface area (Å²) in [6.45, 7) is 2.40. The smallest absolute Gasteiger partial charge is 0.253 e. The Labute approximate surface area is 211 Å². The molecule has 7 heteroatoms. The van der Waals surface area contributed by atoms with Gasteiger partial charge in [-0.3, -0.25) is 9.59 Å². The molecule has 0 saturated carbocycles. The van der Waals surface area contributed by atoms with Crippen molar-refractivity contribution in [3.63, 3.8) is 0 Å². The number of piperidine rings is 1. The molecule has 5 rings (SSSR count). The normalized spacial score (nSPS) is 20.6. The number of methoxy groups -OCH3 is 1. The van der Waals surface area contributed by atoms with Gasteiger partial charge in [0, 0.05) is 42.0 Å². The molecule has 2 aliphatic heterocycles. The van der Waals surface area contributed by atoms with Crippen LogP contribution >= 0.6 is 0 Å². The van der Waals surface area contributed by atoms with Crippen molar-refractivity contribution >= 4 is 17.6 Å². The van der Waals surface area contributed by atoms with Crippen LogP contribution in [-0.4, -0.2) is 42.0 Å². The minimum Gasteiger partial charge on any atom is -0.496 e. The molecule has 2 aliphatic rings. The maximum absolute atomic E-state index is 13.0. The molecule has 0 spiro atoms. The lowest BCUT2D eigenvalue weighted by Crippen LogP contribution is -2.50. The summed E-state index contributed by atoms with van der Waals surface area (Å²) in [5.41, 5.74) is 3.13. The van der Waals surface area contributed by atoms with Gasteiger partial charge < -0.3 is 20.3 Å². The van der Waals surface area contributed by atoms with Gasteiger partial charge in [0.15, 0.2) is 0 Å². The number of nitrogens with zero attached hydrogens (tertiary/aromatic N) is 2. The van der Waals surface area contributed by atoms with Gasteiger partial charge in [-0.25, -0.2) is 4.98 Å². The number of carbonyl (C=O) groups excluding carboxylic acids is 2. The summed E-state index contributed by atoms with van der Waals surface area (Å²) in [4.78, 5) is 32.6. The Morgan fingerprint density at radius 2 is 1.72 bits per heavy atom. The number of hydrogen-bond donors (Lipinski definition) is 2. The van der Waals surface area contributed by atoms with Crippen molar-refractivity contribution in [2.75, 3.05) is 12.0 Å². The van der Waals surface area contributed by atoms with Gasteiger partial charge in [-0.2, -0.15) is 0 Å². The van der Waals surface area contributed by atoms with Crippen LogP contribution in [0.2, 0.25) is 0 Å². The van der Waals surface area contributed by atoms with E-state index in [9.17, 15) is 9.59 Å². The number of aromatic nitrogens is 1. The fourth-order valence-electron chi connectivity index (χ4n) is 5.57. The topological polar surface area (TPSA) is 83.6 Å². The van der Waals surface area contributed by atoms with Gasteiger partial charge in [0.2, 0.25) is 0 Å². The van der Waals surface area contributed by atoms with E-state index < -0.39 is 0 Å². The molecular weight excluding hydrogens is 452 g/mol. The first-order chi connectivity index (χ1) is 17.5. The van der Waals surface area contributed by atoms with E-state index in [4.69, 9.17) is 4.74 Å². The molecule has 7 nitrogen and oxygen atoms in total. The molecule has 0 aliphatic carbocycles. The van der Waals surface area contributed by atoms with Gasteiger partial charge in [0.05, 0.1) is 12.7 Å². The molecular formula is C29H32N4O3. The van der Waals surface area contributed by atoms with Gasteiger partial charge in [-0.15, -0.1) is 0 Å². The van der Waals surface area contributed by atoms with E-state index in [0.29, 0.717) is 29.8 Å². The maximum atomic E-state index is 13.0. The number of benzene rings is 2.